The van der Waals surface area contributed by atoms with Gasteiger partial charge in [-0.25, -0.2) is 4.98 Å². The number of ether oxygens (including phenoxy) is 3. The van der Waals surface area contributed by atoms with Gasteiger partial charge in [0.05, 0.1) is 33.3 Å². The molecule has 160 valence electrons. The lowest BCUT2D eigenvalue weighted by Crippen LogP contribution is -2.45. The molecule has 1 fully saturated rings. The number of benzene rings is 1. The average molecular weight is 430 g/mol. The first kappa shape index (κ1) is 20.7. The predicted molar refractivity (Wildman–Crippen MR) is 116 cm³/mol. The van der Waals surface area contributed by atoms with Gasteiger partial charge in [0.2, 0.25) is 5.75 Å². The first-order chi connectivity index (χ1) is 14.7. The van der Waals surface area contributed by atoms with Gasteiger partial charge in [0, 0.05) is 50.2 Å². The van der Waals surface area contributed by atoms with E-state index in [-0.39, 0.29) is 0 Å². The molecule has 0 saturated carbocycles. The molecule has 0 atom stereocenters. The Morgan fingerprint density at radius 1 is 0.933 bits per heavy atom. The quantitative estimate of drug-likeness (QED) is 0.540. The molecule has 3 aromatic rings. The molecule has 4 rings (SSSR count). The highest BCUT2D eigenvalue weighted by Crippen LogP contribution is 2.40. The fraction of sp³-hybridized carbons (Fsp3) is 0.409. The molecule has 30 heavy (non-hydrogen) atoms. The van der Waals surface area contributed by atoms with Crippen LogP contribution in [0.25, 0.3) is 10.8 Å². The van der Waals surface area contributed by atoms with E-state index >= 15 is 0 Å². The highest BCUT2D eigenvalue weighted by atomic mass is 32.1. The molecule has 8 heteroatoms. The van der Waals surface area contributed by atoms with E-state index < -0.39 is 0 Å². The Balaban J connectivity index is 1.34. The summed E-state index contributed by atoms with van der Waals surface area (Å²) in [5.74, 6) is 2.90. The highest BCUT2D eigenvalue weighted by Gasteiger charge is 2.22. The second kappa shape index (κ2) is 9.51. The molecule has 2 aromatic heterocycles. The smallest absolute Gasteiger partial charge is 0.203 e. The molecule has 1 aliphatic heterocycles. The van der Waals surface area contributed by atoms with Crippen LogP contribution in [0, 0.1) is 0 Å². The minimum Gasteiger partial charge on any atom is -0.493 e. The molecular formula is C22H27N3O4S. The van der Waals surface area contributed by atoms with Gasteiger partial charge in [-0.1, -0.05) is 6.07 Å². The lowest BCUT2D eigenvalue weighted by Gasteiger charge is -2.34. The van der Waals surface area contributed by atoms with Gasteiger partial charge in [-0.2, -0.15) is 0 Å². The number of rotatable bonds is 8. The Kier molecular flexibility index (Phi) is 6.56. The fourth-order valence-corrected chi connectivity index (χ4v) is 4.53. The van der Waals surface area contributed by atoms with Gasteiger partial charge >= 0.3 is 0 Å². The van der Waals surface area contributed by atoms with Gasteiger partial charge in [-0.3, -0.25) is 9.80 Å². The molecule has 0 unspecified atom stereocenters. The van der Waals surface area contributed by atoms with E-state index in [9.17, 15) is 0 Å². The van der Waals surface area contributed by atoms with Crippen LogP contribution in [0.4, 0.5) is 0 Å². The average Bonchev–Trinajstić information content (AvgIpc) is 3.46. The minimum absolute atomic E-state index is 0.645. The summed E-state index contributed by atoms with van der Waals surface area (Å²) < 4.78 is 22.0. The molecular weight excluding hydrogens is 402 g/mol. The lowest BCUT2D eigenvalue weighted by atomic mass is 10.1. The van der Waals surface area contributed by atoms with Crippen LogP contribution in [0.5, 0.6) is 17.2 Å². The molecule has 0 amide bonds. The zero-order chi connectivity index (χ0) is 20.9. The number of piperazine rings is 1. The van der Waals surface area contributed by atoms with Gasteiger partial charge in [-0.15, -0.1) is 11.3 Å². The molecule has 3 heterocycles. The third-order valence-corrected chi connectivity index (χ3v) is 6.22. The second-order valence-corrected chi connectivity index (χ2v) is 8.03. The fourth-order valence-electron chi connectivity index (χ4n) is 3.76. The highest BCUT2D eigenvalue weighted by molar-refractivity contribution is 7.13. The van der Waals surface area contributed by atoms with Crippen molar-refractivity contribution in [3.05, 3.63) is 47.2 Å². The minimum atomic E-state index is 0.645. The first-order valence-electron chi connectivity index (χ1n) is 9.92. The summed E-state index contributed by atoms with van der Waals surface area (Å²) in [6, 6.07) is 7.83. The van der Waals surface area contributed by atoms with Gasteiger partial charge in [0.15, 0.2) is 22.3 Å². The standard InChI is InChI=1S/C22H27N3O4S/c1-26-18-7-6-16(20(27-2)21(18)28-3)13-24-8-10-25(11-9-24)14-17-15-30-22(23-17)19-5-4-12-29-19/h4-7,12,15H,8-11,13-14H2,1-3H3. The molecule has 7 nitrogen and oxygen atoms in total. The van der Waals surface area contributed by atoms with E-state index in [1.54, 1.807) is 38.9 Å². The van der Waals surface area contributed by atoms with Crippen molar-refractivity contribution in [2.24, 2.45) is 0 Å². The van der Waals surface area contributed by atoms with E-state index in [2.05, 4.69) is 21.2 Å². The molecule has 0 bridgehead atoms. The van der Waals surface area contributed by atoms with Crippen LogP contribution in [0.1, 0.15) is 11.3 Å². The van der Waals surface area contributed by atoms with Crippen LogP contribution in [0.2, 0.25) is 0 Å². The normalized spacial score (nSPS) is 15.3. The van der Waals surface area contributed by atoms with Crippen molar-refractivity contribution >= 4 is 11.3 Å². The van der Waals surface area contributed by atoms with Crippen molar-refractivity contribution < 1.29 is 18.6 Å². The number of nitrogens with zero attached hydrogens (tertiary/aromatic N) is 3. The molecule has 0 spiro atoms. The Morgan fingerprint density at radius 3 is 2.30 bits per heavy atom. The van der Waals surface area contributed by atoms with Gasteiger partial charge in [0.1, 0.15) is 0 Å². The zero-order valence-corrected chi connectivity index (χ0v) is 18.4. The van der Waals surface area contributed by atoms with Gasteiger partial charge in [-0.05, 0) is 18.2 Å². The molecule has 1 aromatic carbocycles. The number of hydrogen-bond donors (Lipinski definition) is 0. The first-order valence-corrected chi connectivity index (χ1v) is 10.8. The maximum absolute atomic E-state index is 5.63. The van der Waals surface area contributed by atoms with Crippen LogP contribution >= 0.6 is 11.3 Å². The number of methoxy groups -OCH3 is 3. The van der Waals surface area contributed by atoms with Crippen molar-refractivity contribution in [1.29, 1.82) is 0 Å². The van der Waals surface area contributed by atoms with Crippen molar-refractivity contribution in [2.45, 2.75) is 13.1 Å². The van der Waals surface area contributed by atoms with E-state index in [1.165, 1.54) is 0 Å². The summed E-state index contributed by atoms with van der Waals surface area (Å²) in [4.78, 5) is 9.61. The van der Waals surface area contributed by atoms with Crippen molar-refractivity contribution in [1.82, 2.24) is 14.8 Å². The molecule has 0 aliphatic carbocycles. The summed E-state index contributed by atoms with van der Waals surface area (Å²) in [5.41, 5.74) is 2.20. The monoisotopic (exact) mass is 429 g/mol. The summed E-state index contributed by atoms with van der Waals surface area (Å²) >= 11 is 1.63. The summed E-state index contributed by atoms with van der Waals surface area (Å²) in [5, 5.41) is 3.06. The van der Waals surface area contributed by atoms with E-state index in [0.717, 1.165) is 67.0 Å². The Bertz CT molecular complexity index is 949. The van der Waals surface area contributed by atoms with Crippen LogP contribution in [0.15, 0.2) is 40.3 Å². The summed E-state index contributed by atoms with van der Waals surface area (Å²) in [6.45, 7) is 5.67. The lowest BCUT2D eigenvalue weighted by molar-refractivity contribution is 0.120. The topological polar surface area (TPSA) is 60.2 Å². The van der Waals surface area contributed by atoms with Crippen molar-refractivity contribution in [3.63, 3.8) is 0 Å². The molecule has 0 N–H and O–H groups in total. The number of furan rings is 1. The molecule has 1 aliphatic rings. The van der Waals surface area contributed by atoms with E-state index in [4.69, 9.17) is 23.6 Å². The SMILES string of the molecule is COc1ccc(CN2CCN(Cc3csc(-c4ccco4)n3)CC2)c(OC)c1OC. The van der Waals surface area contributed by atoms with Crippen LogP contribution in [-0.4, -0.2) is 62.3 Å². The zero-order valence-electron chi connectivity index (χ0n) is 17.6. The van der Waals surface area contributed by atoms with Gasteiger partial charge < -0.3 is 18.6 Å². The third-order valence-electron chi connectivity index (χ3n) is 5.31. The predicted octanol–water partition coefficient (Wildman–Crippen LogP) is 3.75. The summed E-state index contributed by atoms with van der Waals surface area (Å²) in [6.07, 6.45) is 1.68. The number of thiazole rings is 1. The van der Waals surface area contributed by atoms with E-state index in [1.807, 2.05) is 18.2 Å². The largest absolute Gasteiger partial charge is 0.493 e. The Labute approximate surface area is 180 Å². The second-order valence-electron chi connectivity index (χ2n) is 7.17. The Morgan fingerprint density at radius 2 is 1.67 bits per heavy atom. The van der Waals surface area contributed by atoms with Crippen LogP contribution in [-0.2, 0) is 13.1 Å². The van der Waals surface area contributed by atoms with Crippen molar-refractivity contribution in [2.75, 3.05) is 47.5 Å². The van der Waals surface area contributed by atoms with Crippen LogP contribution in [0.3, 0.4) is 0 Å². The van der Waals surface area contributed by atoms with Crippen LogP contribution < -0.4 is 14.2 Å². The third kappa shape index (κ3) is 4.45. The van der Waals surface area contributed by atoms with Gasteiger partial charge in [0.25, 0.3) is 0 Å². The number of hydrogen-bond acceptors (Lipinski definition) is 8. The summed E-state index contributed by atoms with van der Waals surface area (Å²) in [7, 11) is 4.94. The number of aromatic nitrogens is 1. The molecule has 0 radical (unpaired) electrons. The maximum atomic E-state index is 5.63. The van der Waals surface area contributed by atoms with Crippen molar-refractivity contribution in [3.8, 4) is 28.0 Å². The Hall–Kier alpha value is -2.55. The maximum Gasteiger partial charge on any atom is 0.203 e. The molecule has 1 saturated heterocycles. The van der Waals surface area contributed by atoms with E-state index in [0.29, 0.717) is 11.5 Å².